The molecule has 0 unspecified atom stereocenters. The summed E-state index contributed by atoms with van der Waals surface area (Å²) in [6.07, 6.45) is 2.31. The van der Waals surface area contributed by atoms with Crippen molar-refractivity contribution in [2.75, 3.05) is 38.8 Å². The van der Waals surface area contributed by atoms with E-state index >= 15 is 0 Å². The van der Waals surface area contributed by atoms with Crippen LogP contribution in [0.4, 0.5) is 6.01 Å². The van der Waals surface area contributed by atoms with Crippen molar-refractivity contribution >= 4 is 23.0 Å². The number of para-hydroxylation sites is 2. The Morgan fingerprint density at radius 3 is 2.63 bits per heavy atom. The fourth-order valence-corrected chi connectivity index (χ4v) is 3.82. The molecule has 4 rings (SSSR count). The van der Waals surface area contributed by atoms with Crippen molar-refractivity contribution < 1.29 is 18.7 Å². The molecule has 0 saturated carbocycles. The van der Waals surface area contributed by atoms with Gasteiger partial charge in [0.25, 0.3) is 6.01 Å². The molecule has 1 amide bonds. The maximum absolute atomic E-state index is 12.4. The van der Waals surface area contributed by atoms with Gasteiger partial charge in [0.05, 0.1) is 20.6 Å². The molecule has 1 N–H and O–H groups in total. The highest BCUT2D eigenvalue weighted by molar-refractivity contribution is 5.78. The van der Waals surface area contributed by atoms with Gasteiger partial charge in [-0.3, -0.25) is 4.79 Å². The lowest BCUT2D eigenvalue weighted by atomic mass is 9.97. The first-order valence-electron chi connectivity index (χ1n) is 10.2. The SMILES string of the molecule is COc1ccc(CC(=O)NCC2CCN(c3nc4ccccc4o3)CC2)cc1OC. The number of hydrogen-bond donors (Lipinski definition) is 1. The van der Waals surface area contributed by atoms with Gasteiger partial charge in [-0.15, -0.1) is 0 Å². The lowest BCUT2D eigenvalue weighted by molar-refractivity contribution is -0.120. The minimum Gasteiger partial charge on any atom is -0.493 e. The van der Waals surface area contributed by atoms with Crippen LogP contribution in [0.2, 0.25) is 0 Å². The molecule has 2 aromatic carbocycles. The number of rotatable bonds is 7. The Morgan fingerprint density at radius 2 is 1.90 bits per heavy atom. The molecule has 3 aromatic rings. The molecule has 0 atom stereocenters. The highest BCUT2D eigenvalue weighted by atomic mass is 16.5. The molecule has 7 heteroatoms. The third-order valence-electron chi connectivity index (χ3n) is 5.57. The number of carbonyl (C=O) groups excluding carboxylic acids is 1. The fraction of sp³-hybridized carbons (Fsp3) is 0.391. The van der Waals surface area contributed by atoms with Crippen molar-refractivity contribution in [3.8, 4) is 11.5 Å². The zero-order valence-corrected chi connectivity index (χ0v) is 17.4. The second kappa shape index (κ2) is 9.07. The van der Waals surface area contributed by atoms with E-state index in [1.54, 1.807) is 14.2 Å². The second-order valence-electron chi connectivity index (χ2n) is 7.56. The van der Waals surface area contributed by atoms with Crippen molar-refractivity contribution in [1.29, 1.82) is 0 Å². The lowest BCUT2D eigenvalue weighted by Gasteiger charge is -2.30. The van der Waals surface area contributed by atoms with Gasteiger partial charge >= 0.3 is 0 Å². The summed E-state index contributed by atoms with van der Waals surface area (Å²) in [7, 11) is 3.19. The summed E-state index contributed by atoms with van der Waals surface area (Å²) in [6.45, 7) is 2.44. The quantitative estimate of drug-likeness (QED) is 0.644. The third-order valence-corrected chi connectivity index (χ3v) is 5.57. The predicted molar refractivity (Wildman–Crippen MR) is 115 cm³/mol. The number of anilines is 1. The minimum absolute atomic E-state index is 0.0172. The van der Waals surface area contributed by atoms with Crippen LogP contribution >= 0.6 is 0 Å². The van der Waals surface area contributed by atoms with Crippen LogP contribution in [0.3, 0.4) is 0 Å². The van der Waals surface area contributed by atoms with Crippen LogP contribution in [0.15, 0.2) is 46.9 Å². The van der Waals surface area contributed by atoms with Crippen molar-refractivity contribution in [2.24, 2.45) is 5.92 Å². The van der Waals surface area contributed by atoms with Gasteiger partial charge in [0, 0.05) is 19.6 Å². The van der Waals surface area contributed by atoms with Crippen LogP contribution in [0, 0.1) is 5.92 Å². The zero-order chi connectivity index (χ0) is 20.9. The van der Waals surface area contributed by atoms with Gasteiger partial charge in [0.1, 0.15) is 5.52 Å². The van der Waals surface area contributed by atoms with Crippen LogP contribution < -0.4 is 19.7 Å². The monoisotopic (exact) mass is 409 g/mol. The molecular formula is C23H27N3O4. The first kappa shape index (κ1) is 20.1. The number of nitrogens with one attached hydrogen (secondary N) is 1. The van der Waals surface area contributed by atoms with E-state index in [9.17, 15) is 4.79 Å². The molecule has 30 heavy (non-hydrogen) atoms. The Kier molecular flexibility index (Phi) is 6.07. The molecule has 1 saturated heterocycles. The van der Waals surface area contributed by atoms with Crippen LogP contribution in [-0.2, 0) is 11.2 Å². The van der Waals surface area contributed by atoms with Gasteiger partial charge in [-0.2, -0.15) is 4.98 Å². The molecule has 1 aliphatic heterocycles. The summed E-state index contributed by atoms with van der Waals surface area (Å²) in [4.78, 5) is 19.1. The van der Waals surface area contributed by atoms with Crippen LogP contribution in [0.25, 0.3) is 11.1 Å². The molecule has 0 spiro atoms. The van der Waals surface area contributed by atoms with E-state index in [1.807, 2.05) is 42.5 Å². The number of nitrogens with zero attached hydrogens (tertiary/aromatic N) is 2. The molecule has 2 heterocycles. The molecule has 7 nitrogen and oxygen atoms in total. The summed E-state index contributed by atoms with van der Waals surface area (Å²) in [5.74, 6) is 1.77. The van der Waals surface area contributed by atoms with Crippen LogP contribution in [0.5, 0.6) is 11.5 Å². The number of aromatic nitrogens is 1. The number of benzene rings is 2. The van der Waals surface area contributed by atoms with Gasteiger partial charge in [-0.25, -0.2) is 0 Å². The van der Waals surface area contributed by atoms with Crippen LogP contribution in [0.1, 0.15) is 18.4 Å². The average molecular weight is 409 g/mol. The third kappa shape index (κ3) is 4.50. The molecule has 0 aliphatic carbocycles. The van der Waals surface area contributed by atoms with Crippen molar-refractivity contribution in [1.82, 2.24) is 10.3 Å². The normalized spacial score (nSPS) is 14.7. The first-order chi connectivity index (χ1) is 14.7. The average Bonchev–Trinajstić information content (AvgIpc) is 3.22. The number of methoxy groups -OCH3 is 2. The number of carbonyl (C=O) groups is 1. The van der Waals surface area contributed by atoms with Crippen molar-refractivity contribution in [3.63, 3.8) is 0 Å². The summed E-state index contributed by atoms with van der Waals surface area (Å²) in [5, 5.41) is 3.07. The molecule has 1 aromatic heterocycles. The molecule has 1 aliphatic rings. The molecule has 0 radical (unpaired) electrons. The fourth-order valence-electron chi connectivity index (χ4n) is 3.82. The topological polar surface area (TPSA) is 76.8 Å². The zero-order valence-electron chi connectivity index (χ0n) is 17.4. The second-order valence-corrected chi connectivity index (χ2v) is 7.56. The Labute approximate surface area is 176 Å². The highest BCUT2D eigenvalue weighted by Gasteiger charge is 2.23. The number of ether oxygens (including phenoxy) is 2. The first-order valence-corrected chi connectivity index (χ1v) is 10.2. The highest BCUT2D eigenvalue weighted by Crippen LogP contribution is 2.28. The summed E-state index contributed by atoms with van der Waals surface area (Å²) < 4.78 is 16.4. The van der Waals surface area contributed by atoms with Gasteiger partial charge < -0.3 is 24.1 Å². The van der Waals surface area contributed by atoms with Gasteiger partial charge in [0.15, 0.2) is 17.1 Å². The molecule has 0 bridgehead atoms. The summed E-state index contributed by atoms with van der Waals surface area (Å²) >= 11 is 0. The summed E-state index contributed by atoms with van der Waals surface area (Å²) in [6, 6.07) is 14.1. The van der Waals surface area contributed by atoms with E-state index in [4.69, 9.17) is 13.9 Å². The molecule has 1 fully saturated rings. The Balaban J connectivity index is 1.25. The van der Waals surface area contributed by atoms with Gasteiger partial charge in [-0.1, -0.05) is 18.2 Å². The van der Waals surface area contributed by atoms with E-state index in [1.165, 1.54) is 0 Å². The van der Waals surface area contributed by atoms with Gasteiger partial charge in [-0.05, 0) is 48.6 Å². The van der Waals surface area contributed by atoms with E-state index in [0.29, 0.717) is 36.4 Å². The largest absolute Gasteiger partial charge is 0.493 e. The Morgan fingerprint density at radius 1 is 1.13 bits per heavy atom. The van der Waals surface area contributed by atoms with E-state index in [-0.39, 0.29) is 5.91 Å². The number of amides is 1. The van der Waals surface area contributed by atoms with Gasteiger partial charge in [0.2, 0.25) is 5.91 Å². The standard InChI is InChI=1S/C23H27N3O4/c1-28-20-8-7-17(13-21(20)29-2)14-22(27)24-15-16-9-11-26(12-10-16)23-25-18-5-3-4-6-19(18)30-23/h3-8,13,16H,9-12,14-15H2,1-2H3,(H,24,27). The number of hydrogen-bond acceptors (Lipinski definition) is 6. The van der Waals surface area contributed by atoms with E-state index in [0.717, 1.165) is 42.6 Å². The Bertz CT molecular complexity index is 976. The van der Waals surface area contributed by atoms with E-state index in [2.05, 4.69) is 15.2 Å². The predicted octanol–water partition coefficient (Wildman–Crippen LogP) is 3.42. The van der Waals surface area contributed by atoms with Crippen molar-refractivity contribution in [3.05, 3.63) is 48.0 Å². The lowest BCUT2D eigenvalue weighted by Crippen LogP contribution is -2.39. The number of oxazole rings is 1. The maximum atomic E-state index is 12.4. The van der Waals surface area contributed by atoms with Crippen molar-refractivity contribution in [2.45, 2.75) is 19.3 Å². The Hall–Kier alpha value is -3.22. The molecular weight excluding hydrogens is 382 g/mol. The number of fused-ring (bicyclic) bond motifs is 1. The smallest absolute Gasteiger partial charge is 0.298 e. The molecule has 158 valence electrons. The maximum Gasteiger partial charge on any atom is 0.298 e. The van der Waals surface area contributed by atoms with Crippen LogP contribution in [-0.4, -0.2) is 44.7 Å². The minimum atomic E-state index is 0.0172. The summed E-state index contributed by atoms with van der Waals surface area (Å²) in [5.41, 5.74) is 2.60. The number of piperidine rings is 1. The van der Waals surface area contributed by atoms with E-state index < -0.39 is 0 Å².